The van der Waals surface area contributed by atoms with Gasteiger partial charge in [0.15, 0.2) is 0 Å². The van der Waals surface area contributed by atoms with E-state index in [1.165, 1.54) is 48.5 Å². The summed E-state index contributed by atoms with van der Waals surface area (Å²) in [5.74, 6) is 0. The Hall–Kier alpha value is -4.53. The third-order valence-corrected chi connectivity index (χ3v) is 4.27. The van der Waals surface area contributed by atoms with Gasteiger partial charge in [-0.3, -0.25) is 25.5 Å². The smallest absolute Gasteiger partial charge is 0.411 e. The fourth-order valence-corrected chi connectivity index (χ4v) is 2.75. The van der Waals surface area contributed by atoms with E-state index in [9.17, 15) is 25.0 Å². The number of nitrogens with one attached hydrogen (secondary N) is 1. The van der Waals surface area contributed by atoms with Gasteiger partial charge in [0.25, 0.3) is 11.4 Å². The predicted molar refractivity (Wildman–Crippen MR) is 114 cm³/mol. The molecule has 0 aliphatic carbocycles. The van der Waals surface area contributed by atoms with Crippen molar-refractivity contribution < 1.29 is 19.4 Å². The zero-order valence-electron chi connectivity index (χ0n) is 16.1. The fraction of sp³-hybridized carbons (Fsp3) is 0.0455. The van der Waals surface area contributed by atoms with Crippen LogP contribution in [0.1, 0.15) is 16.7 Å². The van der Waals surface area contributed by atoms with Crippen molar-refractivity contribution in [2.24, 2.45) is 0 Å². The number of nitro groups is 2. The average Bonchev–Trinajstić information content (AvgIpc) is 2.78. The van der Waals surface area contributed by atoms with Gasteiger partial charge < -0.3 is 4.74 Å². The molecule has 0 bridgehead atoms. The van der Waals surface area contributed by atoms with Crippen molar-refractivity contribution in [2.75, 3.05) is 0 Å². The Balaban J connectivity index is 1.90. The molecule has 3 rings (SSSR count). The van der Waals surface area contributed by atoms with Crippen molar-refractivity contribution in [2.45, 2.75) is 6.61 Å². The first-order chi connectivity index (χ1) is 14.9. The number of hydrogen-bond donors (Lipinski definition) is 1. The molecule has 0 saturated carbocycles. The van der Waals surface area contributed by atoms with Gasteiger partial charge in [0, 0.05) is 18.2 Å². The molecule has 31 heavy (non-hydrogen) atoms. The van der Waals surface area contributed by atoms with E-state index in [-0.39, 0.29) is 29.2 Å². The predicted octanol–water partition coefficient (Wildman–Crippen LogP) is 4.93. The molecule has 3 aromatic carbocycles. The van der Waals surface area contributed by atoms with Gasteiger partial charge in [0.05, 0.1) is 21.1 Å². The topological polar surface area (TPSA) is 125 Å². The summed E-state index contributed by atoms with van der Waals surface area (Å²) in [6, 6.07) is 20.5. The van der Waals surface area contributed by atoms with Gasteiger partial charge >= 0.3 is 6.09 Å². The van der Waals surface area contributed by atoms with Crippen LogP contribution in [0.5, 0.6) is 0 Å². The van der Waals surface area contributed by atoms with Crippen molar-refractivity contribution in [1.82, 2.24) is 5.32 Å². The van der Waals surface area contributed by atoms with Crippen LogP contribution in [-0.4, -0.2) is 15.9 Å². The van der Waals surface area contributed by atoms with Crippen molar-refractivity contribution in [3.05, 3.63) is 116 Å². The first-order valence-corrected chi connectivity index (χ1v) is 9.11. The number of nitrogens with zero attached hydrogens (tertiary/aromatic N) is 2. The molecule has 0 fully saturated rings. The van der Waals surface area contributed by atoms with E-state index in [1.54, 1.807) is 18.2 Å². The number of nitro benzene ring substituents is 2. The molecule has 0 atom stereocenters. The summed E-state index contributed by atoms with van der Waals surface area (Å²) < 4.78 is 5.22. The van der Waals surface area contributed by atoms with Gasteiger partial charge in [-0.1, -0.05) is 42.5 Å². The molecule has 0 heterocycles. The zero-order valence-corrected chi connectivity index (χ0v) is 16.1. The number of amides is 1. The van der Waals surface area contributed by atoms with Gasteiger partial charge in [0.2, 0.25) is 0 Å². The molecule has 156 valence electrons. The minimum atomic E-state index is -0.771. The number of ether oxygens (including phenoxy) is 1. The second-order valence-corrected chi connectivity index (χ2v) is 6.36. The summed E-state index contributed by atoms with van der Waals surface area (Å²) in [7, 11) is 0. The van der Waals surface area contributed by atoms with E-state index in [1.807, 2.05) is 18.2 Å². The van der Waals surface area contributed by atoms with Gasteiger partial charge in [-0.2, -0.15) is 0 Å². The van der Waals surface area contributed by atoms with E-state index >= 15 is 0 Å². The highest BCUT2D eigenvalue weighted by molar-refractivity contribution is 5.90. The Morgan fingerprint density at radius 2 is 1.52 bits per heavy atom. The number of carbonyl (C=O) groups is 1. The highest BCUT2D eigenvalue weighted by atomic mass is 16.6. The van der Waals surface area contributed by atoms with E-state index < -0.39 is 15.9 Å². The average molecular weight is 419 g/mol. The highest BCUT2D eigenvalue weighted by Gasteiger charge is 2.15. The lowest BCUT2D eigenvalue weighted by Gasteiger charge is -2.11. The maximum Gasteiger partial charge on any atom is 0.411 e. The lowest BCUT2D eigenvalue weighted by atomic mass is 10.1. The fourth-order valence-electron chi connectivity index (χ4n) is 2.75. The van der Waals surface area contributed by atoms with Crippen LogP contribution < -0.4 is 5.32 Å². The third-order valence-electron chi connectivity index (χ3n) is 4.27. The Kier molecular flexibility index (Phi) is 6.69. The monoisotopic (exact) mass is 419 g/mol. The molecule has 3 aromatic rings. The Labute approximate surface area is 176 Å². The SMILES string of the molecule is O=C(N/C(=C\c1ccccc1[N+](=O)[O-])c1ccc([N+](=O)[O-])cc1)OCc1ccccc1. The van der Waals surface area contributed by atoms with Crippen LogP contribution in [0.15, 0.2) is 78.9 Å². The second-order valence-electron chi connectivity index (χ2n) is 6.36. The zero-order chi connectivity index (χ0) is 22.2. The van der Waals surface area contributed by atoms with Crippen LogP contribution >= 0.6 is 0 Å². The molecule has 9 heteroatoms. The molecule has 0 aliphatic rings. The molecule has 0 unspecified atom stereocenters. The minimum Gasteiger partial charge on any atom is -0.444 e. The number of rotatable bonds is 7. The van der Waals surface area contributed by atoms with Gasteiger partial charge in [0.1, 0.15) is 6.61 Å². The molecule has 1 amide bonds. The van der Waals surface area contributed by atoms with Gasteiger partial charge in [-0.15, -0.1) is 0 Å². The molecule has 9 nitrogen and oxygen atoms in total. The number of non-ortho nitro benzene ring substituents is 1. The van der Waals surface area contributed by atoms with Crippen LogP contribution in [0.3, 0.4) is 0 Å². The van der Waals surface area contributed by atoms with Crippen LogP contribution in [-0.2, 0) is 11.3 Å². The Morgan fingerprint density at radius 1 is 0.871 bits per heavy atom. The van der Waals surface area contributed by atoms with Crippen LogP contribution in [0.4, 0.5) is 16.2 Å². The lowest BCUT2D eigenvalue weighted by molar-refractivity contribution is -0.385. The summed E-state index contributed by atoms with van der Waals surface area (Å²) in [5.41, 5.74) is 1.38. The van der Waals surface area contributed by atoms with Crippen molar-refractivity contribution >= 4 is 29.2 Å². The maximum absolute atomic E-state index is 12.4. The first-order valence-electron chi connectivity index (χ1n) is 9.11. The number of carbonyl (C=O) groups excluding carboxylic acids is 1. The summed E-state index contributed by atoms with van der Waals surface area (Å²) in [5, 5.41) is 24.8. The normalized spacial score (nSPS) is 10.9. The first kappa shape index (κ1) is 21.2. The molecular formula is C22H17N3O6. The van der Waals surface area contributed by atoms with E-state index in [0.717, 1.165) is 5.56 Å². The number of para-hydroxylation sites is 1. The second kappa shape index (κ2) is 9.79. The van der Waals surface area contributed by atoms with E-state index in [2.05, 4.69) is 5.32 Å². The van der Waals surface area contributed by atoms with Crippen molar-refractivity contribution in [1.29, 1.82) is 0 Å². The van der Waals surface area contributed by atoms with Crippen LogP contribution in [0, 0.1) is 20.2 Å². The molecule has 0 spiro atoms. The molecule has 0 saturated heterocycles. The van der Waals surface area contributed by atoms with E-state index in [0.29, 0.717) is 5.56 Å². The van der Waals surface area contributed by atoms with E-state index in [4.69, 9.17) is 4.74 Å². The number of alkyl carbamates (subject to hydrolysis) is 1. The van der Waals surface area contributed by atoms with Crippen LogP contribution in [0.25, 0.3) is 11.8 Å². The number of benzene rings is 3. The molecule has 0 aliphatic heterocycles. The van der Waals surface area contributed by atoms with Crippen molar-refractivity contribution in [3.63, 3.8) is 0 Å². The summed E-state index contributed by atoms with van der Waals surface area (Å²) in [6.45, 7) is 0.0334. The maximum atomic E-state index is 12.4. The number of hydrogen-bond acceptors (Lipinski definition) is 6. The Bertz CT molecular complexity index is 1130. The lowest BCUT2D eigenvalue weighted by Crippen LogP contribution is -2.22. The summed E-state index contributed by atoms with van der Waals surface area (Å²) in [6.07, 6.45) is 0.648. The third kappa shape index (κ3) is 5.73. The molecule has 0 aromatic heterocycles. The highest BCUT2D eigenvalue weighted by Crippen LogP contribution is 2.24. The standard InChI is InChI=1S/C22H17N3O6/c26-22(31-15-16-6-2-1-3-7-16)23-20(17-10-12-19(13-11-17)24(27)28)14-18-8-4-5-9-21(18)25(29)30/h1-14H,15H2,(H,23,26)/b20-14-. The molecule has 0 radical (unpaired) electrons. The minimum absolute atomic E-state index is 0.0334. The van der Waals surface area contributed by atoms with Gasteiger partial charge in [-0.25, -0.2) is 4.79 Å². The molecular weight excluding hydrogens is 402 g/mol. The summed E-state index contributed by atoms with van der Waals surface area (Å²) >= 11 is 0. The summed E-state index contributed by atoms with van der Waals surface area (Å²) in [4.78, 5) is 33.5. The molecule has 1 N–H and O–H groups in total. The van der Waals surface area contributed by atoms with Crippen LogP contribution in [0.2, 0.25) is 0 Å². The largest absolute Gasteiger partial charge is 0.444 e. The Morgan fingerprint density at radius 3 is 2.16 bits per heavy atom. The van der Waals surface area contributed by atoms with Crippen molar-refractivity contribution in [3.8, 4) is 0 Å². The van der Waals surface area contributed by atoms with Gasteiger partial charge in [-0.05, 0) is 35.4 Å². The quantitative estimate of drug-likeness (QED) is 0.329.